The molecule has 2 rings (SSSR count). The van der Waals surface area contributed by atoms with Gasteiger partial charge in [0.2, 0.25) is 0 Å². The monoisotopic (exact) mass is 278 g/mol. The van der Waals surface area contributed by atoms with Crippen molar-refractivity contribution >= 4 is 11.6 Å². The van der Waals surface area contributed by atoms with E-state index >= 15 is 0 Å². The topological polar surface area (TPSA) is 50.3 Å². The second-order valence-electron chi connectivity index (χ2n) is 5.45. The molecule has 5 heteroatoms. The summed E-state index contributed by atoms with van der Waals surface area (Å²) in [6.07, 6.45) is 4.62. The first-order chi connectivity index (χ1) is 9.65. The van der Waals surface area contributed by atoms with Gasteiger partial charge in [0, 0.05) is 39.2 Å². The van der Waals surface area contributed by atoms with Gasteiger partial charge in [0.15, 0.2) is 0 Å². The van der Waals surface area contributed by atoms with E-state index in [0.29, 0.717) is 6.10 Å². The highest BCUT2D eigenvalue weighted by Gasteiger charge is 2.20. The normalized spacial score (nSPS) is 18.3. The Morgan fingerprint density at radius 2 is 2.20 bits per heavy atom. The maximum absolute atomic E-state index is 5.72. The van der Waals surface area contributed by atoms with Gasteiger partial charge in [0.05, 0.1) is 6.10 Å². The van der Waals surface area contributed by atoms with Crippen molar-refractivity contribution in [1.29, 1.82) is 0 Å². The number of rotatable bonds is 6. The Balaban J connectivity index is 2.20. The SMILES string of the molecule is CCCc1nc(NC)c(C)c(N(C)CC2CCCO2)n1. The molecule has 0 amide bonds. The minimum atomic E-state index is 0.335. The minimum absolute atomic E-state index is 0.335. The molecule has 112 valence electrons. The summed E-state index contributed by atoms with van der Waals surface area (Å²) in [6.45, 7) is 6.01. The first-order valence-corrected chi connectivity index (χ1v) is 7.53. The van der Waals surface area contributed by atoms with Gasteiger partial charge in [-0.1, -0.05) is 6.92 Å². The van der Waals surface area contributed by atoms with Crippen LogP contribution in [0.2, 0.25) is 0 Å². The molecule has 1 unspecified atom stereocenters. The highest BCUT2D eigenvalue weighted by molar-refractivity contribution is 5.58. The fraction of sp³-hybridized carbons (Fsp3) is 0.733. The van der Waals surface area contributed by atoms with Gasteiger partial charge in [-0.25, -0.2) is 9.97 Å². The number of hydrogen-bond donors (Lipinski definition) is 1. The van der Waals surface area contributed by atoms with E-state index in [0.717, 1.165) is 55.4 Å². The molecule has 1 N–H and O–H groups in total. The van der Waals surface area contributed by atoms with Crippen LogP contribution in [0.15, 0.2) is 0 Å². The van der Waals surface area contributed by atoms with Gasteiger partial charge in [-0.2, -0.15) is 0 Å². The molecule has 0 bridgehead atoms. The number of likely N-dealkylation sites (N-methyl/N-ethyl adjacent to an activating group) is 1. The average molecular weight is 278 g/mol. The zero-order chi connectivity index (χ0) is 14.5. The predicted molar refractivity (Wildman–Crippen MR) is 82.6 cm³/mol. The smallest absolute Gasteiger partial charge is 0.137 e. The summed E-state index contributed by atoms with van der Waals surface area (Å²) in [5.74, 6) is 2.86. The van der Waals surface area contributed by atoms with Crippen molar-refractivity contribution in [2.45, 2.75) is 45.6 Å². The van der Waals surface area contributed by atoms with Gasteiger partial charge in [-0.05, 0) is 26.2 Å². The molecule has 20 heavy (non-hydrogen) atoms. The van der Waals surface area contributed by atoms with Crippen LogP contribution in [0.25, 0.3) is 0 Å². The van der Waals surface area contributed by atoms with Crippen molar-refractivity contribution in [3.63, 3.8) is 0 Å². The summed E-state index contributed by atoms with van der Waals surface area (Å²) < 4.78 is 5.72. The predicted octanol–water partition coefficient (Wildman–Crippen LogP) is 2.39. The second kappa shape index (κ2) is 6.88. The third kappa shape index (κ3) is 3.39. The summed E-state index contributed by atoms with van der Waals surface area (Å²) in [6, 6.07) is 0. The fourth-order valence-corrected chi connectivity index (χ4v) is 2.68. The van der Waals surface area contributed by atoms with Crippen LogP contribution in [-0.4, -0.2) is 43.3 Å². The lowest BCUT2D eigenvalue weighted by Gasteiger charge is -2.24. The van der Waals surface area contributed by atoms with Crippen molar-refractivity contribution < 1.29 is 4.74 Å². The number of nitrogens with zero attached hydrogens (tertiary/aromatic N) is 3. The van der Waals surface area contributed by atoms with E-state index in [2.05, 4.69) is 36.1 Å². The van der Waals surface area contributed by atoms with Crippen LogP contribution >= 0.6 is 0 Å². The van der Waals surface area contributed by atoms with E-state index in [1.54, 1.807) is 0 Å². The van der Waals surface area contributed by atoms with Crippen molar-refractivity contribution in [3.8, 4) is 0 Å². The molecular formula is C15H26N4O. The first kappa shape index (κ1) is 15.0. The Morgan fingerprint density at radius 1 is 1.40 bits per heavy atom. The van der Waals surface area contributed by atoms with Crippen molar-refractivity contribution in [2.75, 3.05) is 37.5 Å². The van der Waals surface area contributed by atoms with E-state index in [9.17, 15) is 0 Å². The molecule has 5 nitrogen and oxygen atoms in total. The molecule has 1 aromatic rings. The third-order valence-electron chi connectivity index (χ3n) is 3.74. The number of anilines is 2. The van der Waals surface area contributed by atoms with Crippen molar-refractivity contribution in [3.05, 3.63) is 11.4 Å². The van der Waals surface area contributed by atoms with Crippen LogP contribution in [0.5, 0.6) is 0 Å². The lowest BCUT2D eigenvalue weighted by molar-refractivity contribution is 0.116. The molecule has 1 atom stereocenters. The second-order valence-corrected chi connectivity index (χ2v) is 5.45. The van der Waals surface area contributed by atoms with Crippen LogP contribution < -0.4 is 10.2 Å². The molecule has 1 aliphatic heterocycles. The van der Waals surface area contributed by atoms with E-state index in [1.165, 1.54) is 6.42 Å². The Labute approximate surface area is 121 Å². The van der Waals surface area contributed by atoms with E-state index in [-0.39, 0.29) is 0 Å². The van der Waals surface area contributed by atoms with Crippen LogP contribution in [0.3, 0.4) is 0 Å². The number of ether oxygens (including phenoxy) is 1. The standard InChI is InChI=1S/C15H26N4O/c1-5-7-13-17-14(16-3)11(2)15(18-13)19(4)10-12-8-6-9-20-12/h12H,5-10H2,1-4H3,(H,16,17,18). The molecule has 2 heterocycles. The Morgan fingerprint density at radius 3 is 2.80 bits per heavy atom. The zero-order valence-corrected chi connectivity index (χ0v) is 13.1. The minimum Gasteiger partial charge on any atom is -0.376 e. The average Bonchev–Trinajstić information content (AvgIpc) is 2.93. The Bertz CT molecular complexity index is 444. The third-order valence-corrected chi connectivity index (χ3v) is 3.74. The molecule has 0 saturated carbocycles. The molecule has 0 aromatic carbocycles. The first-order valence-electron chi connectivity index (χ1n) is 7.53. The molecule has 1 aliphatic rings. The summed E-state index contributed by atoms with van der Waals surface area (Å²) in [4.78, 5) is 11.5. The highest BCUT2D eigenvalue weighted by Crippen LogP contribution is 2.24. The molecule has 0 spiro atoms. The van der Waals surface area contributed by atoms with Crippen LogP contribution in [0, 0.1) is 6.92 Å². The Hall–Kier alpha value is -1.36. The molecular weight excluding hydrogens is 252 g/mol. The summed E-state index contributed by atoms with van der Waals surface area (Å²) >= 11 is 0. The van der Waals surface area contributed by atoms with Crippen molar-refractivity contribution in [1.82, 2.24) is 9.97 Å². The molecule has 0 radical (unpaired) electrons. The van der Waals surface area contributed by atoms with E-state index < -0.39 is 0 Å². The maximum Gasteiger partial charge on any atom is 0.137 e. The van der Waals surface area contributed by atoms with Crippen LogP contribution in [0.4, 0.5) is 11.6 Å². The molecule has 0 aliphatic carbocycles. The summed E-state index contributed by atoms with van der Waals surface area (Å²) in [5.41, 5.74) is 1.10. The molecule has 1 saturated heterocycles. The lowest BCUT2D eigenvalue weighted by Crippen LogP contribution is -2.30. The van der Waals surface area contributed by atoms with Crippen LogP contribution in [0.1, 0.15) is 37.6 Å². The lowest BCUT2D eigenvalue weighted by atomic mass is 10.2. The Kier molecular flexibility index (Phi) is 5.17. The number of aromatic nitrogens is 2. The van der Waals surface area contributed by atoms with E-state index in [1.807, 2.05) is 7.05 Å². The largest absolute Gasteiger partial charge is 0.376 e. The quantitative estimate of drug-likeness (QED) is 0.866. The zero-order valence-electron chi connectivity index (χ0n) is 13.1. The highest BCUT2D eigenvalue weighted by atomic mass is 16.5. The van der Waals surface area contributed by atoms with E-state index in [4.69, 9.17) is 9.72 Å². The van der Waals surface area contributed by atoms with Gasteiger partial charge in [0.25, 0.3) is 0 Å². The maximum atomic E-state index is 5.72. The van der Waals surface area contributed by atoms with Crippen molar-refractivity contribution in [2.24, 2.45) is 0 Å². The molecule has 1 fully saturated rings. The number of aryl methyl sites for hydroxylation is 1. The fourth-order valence-electron chi connectivity index (χ4n) is 2.68. The molecule has 1 aromatic heterocycles. The summed E-state index contributed by atoms with van der Waals surface area (Å²) in [7, 11) is 4.00. The van der Waals surface area contributed by atoms with Crippen LogP contribution in [-0.2, 0) is 11.2 Å². The summed E-state index contributed by atoms with van der Waals surface area (Å²) in [5, 5.41) is 3.17. The van der Waals surface area contributed by atoms with Gasteiger partial charge in [0.1, 0.15) is 17.5 Å². The number of hydrogen-bond acceptors (Lipinski definition) is 5. The van der Waals surface area contributed by atoms with Gasteiger partial charge >= 0.3 is 0 Å². The van der Waals surface area contributed by atoms with Gasteiger partial charge in [-0.3, -0.25) is 0 Å². The number of nitrogens with one attached hydrogen (secondary N) is 1. The van der Waals surface area contributed by atoms with Gasteiger partial charge < -0.3 is 15.0 Å². The van der Waals surface area contributed by atoms with Gasteiger partial charge in [-0.15, -0.1) is 0 Å².